The smallest absolute Gasteiger partial charge is 0.119 e. The van der Waals surface area contributed by atoms with Gasteiger partial charge >= 0.3 is 0 Å². The van der Waals surface area contributed by atoms with E-state index in [-0.39, 0.29) is 6.61 Å². The van der Waals surface area contributed by atoms with E-state index in [1.54, 1.807) is 11.3 Å². The summed E-state index contributed by atoms with van der Waals surface area (Å²) < 4.78 is 0. The maximum Gasteiger partial charge on any atom is 0.119 e. The van der Waals surface area contributed by atoms with E-state index in [0.29, 0.717) is 11.8 Å². The van der Waals surface area contributed by atoms with Crippen LogP contribution in [0.25, 0.3) is 0 Å². The summed E-state index contributed by atoms with van der Waals surface area (Å²) in [6.07, 6.45) is 1.02. The van der Waals surface area contributed by atoms with Crippen LogP contribution in [0.3, 0.4) is 0 Å². The normalized spacial score (nSPS) is 11.6. The zero-order chi connectivity index (χ0) is 10.7. The molecular weight excluding hydrogens is 194 g/mol. The molecule has 1 aromatic rings. The first-order valence-electron chi connectivity index (χ1n) is 5.14. The van der Waals surface area contributed by atoms with Gasteiger partial charge in [0.05, 0.1) is 12.3 Å². The molecule has 0 aliphatic heterocycles. The molecule has 0 aromatic carbocycles. The van der Waals surface area contributed by atoms with Gasteiger partial charge in [0, 0.05) is 4.88 Å². The number of hydrogen-bond donors (Lipinski definition) is 1. The third-order valence-corrected chi connectivity index (χ3v) is 3.42. The Morgan fingerprint density at radius 2 is 1.93 bits per heavy atom. The van der Waals surface area contributed by atoms with E-state index in [1.165, 1.54) is 10.6 Å². The lowest BCUT2D eigenvalue weighted by atomic mass is 10.0. The van der Waals surface area contributed by atoms with Gasteiger partial charge in [-0.1, -0.05) is 27.7 Å². The number of aliphatic hydroxyl groups is 1. The molecule has 0 saturated carbocycles. The van der Waals surface area contributed by atoms with E-state index in [0.717, 1.165) is 11.4 Å². The second-order valence-corrected chi connectivity index (χ2v) is 5.44. The summed E-state index contributed by atoms with van der Waals surface area (Å²) in [5.74, 6) is 1.14. The summed E-state index contributed by atoms with van der Waals surface area (Å²) >= 11 is 1.65. The quantitative estimate of drug-likeness (QED) is 0.834. The van der Waals surface area contributed by atoms with Crippen LogP contribution in [0.15, 0.2) is 0 Å². The average Bonchev–Trinajstić information content (AvgIpc) is 2.46. The largest absolute Gasteiger partial charge is 0.389 e. The van der Waals surface area contributed by atoms with E-state index < -0.39 is 0 Å². The maximum atomic E-state index is 9.04. The minimum Gasteiger partial charge on any atom is -0.389 e. The van der Waals surface area contributed by atoms with Gasteiger partial charge in [-0.2, -0.15) is 0 Å². The molecule has 3 heteroatoms. The Kier molecular flexibility index (Phi) is 4.08. The Bertz CT molecular complexity index is 291. The van der Waals surface area contributed by atoms with E-state index in [2.05, 4.69) is 32.7 Å². The van der Waals surface area contributed by atoms with Gasteiger partial charge in [-0.3, -0.25) is 0 Å². The number of rotatable bonds is 4. The molecule has 0 bridgehead atoms. The van der Waals surface area contributed by atoms with Crippen LogP contribution < -0.4 is 0 Å². The average molecular weight is 213 g/mol. The molecule has 0 radical (unpaired) electrons. The molecule has 2 nitrogen and oxygen atoms in total. The summed E-state index contributed by atoms with van der Waals surface area (Å²) in [6.45, 7) is 8.82. The number of thiazole rings is 1. The molecule has 0 aliphatic carbocycles. The molecule has 1 aromatic heterocycles. The molecule has 0 amide bonds. The van der Waals surface area contributed by atoms with Gasteiger partial charge < -0.3 is 5.11 Å². The lowest BCUT2D eigenvalue weighted by molar-refractivity contribution is 0.281. The molecule has 80 valence electrons. The highest BCUT2D eigenvalue weighted by Crippen LogP contribution is 2.28. The van der Waals surface area contributed by atoms with Crippen molar-refractivity contribution < 1.29 is 5.11 Å². The van der Waals surface area contributed by atoms with Crippen LogP contribution in [0, 0.1) is 5.92 Å². The molecule has 14 heavy (non-hydrogen) atoms. The number of aromatic nitrogens is 1. The number of hydrogen-bond acceptors (Lipinski definition) is 3. The highest BCUT2D eigenvalue weighted by atomic mass is 32.1. The first kappa shape index (κ1) is 11.7. The first-order valence-corrected chi connectivity index (χ1v) is 5.95. The zero-order valence-electron chi connectivity index (χ0n) is 9.37. The van der Waals surface area contributed by atoms with Crippen LogP contribution in [0.2, 0.25) is 0 Å². The topological polar surface area (TPSA) is 33.1 Å². The lowest BCUT2D eigenvalue weighted by Crippen LogP contribution is -1.99. The van der Waals surface area contributed by atoms with Crippen molar-refractivity contribution in [1.82, 2.24) is 4.98 Å². The van der Waals surface area contributed by atoms with Crippen LogP contribution >= 0.6 is 11.3 Å². The number of aliphatic hydroxyl groups excluding tert-OH is 1. The van der Waals surface area contributed by atoms with Crippen molar-refractivity contribution in [2.75, 3.05) is 0 Å². The molecule has 0 atom stereocenters. The predicted molar refractivity (Wildman–Crippen MR) is 60.7 cm³/mol. The highest BCUT2D eigenvalue weighted by Gasteiger charge is 2.14. The van der Waals surface area contributed by atoms with Crippen molar-refractivity contribution in [1.29, 1.82) is 0 Å². The third kappa shape index (κ3) is 2.79. The highest BCUT2D eigenvalue weighted by molar-refractivity contribution is 7.11. The second-order valence-electron chi connectivity index (χ2n) is 4.33. The monoisotopic (exact) mass is 213 g/mol. The second kappa shape index (κ2) is 4.89. The van der Waals surface area contributed by atoms with Crippen LogP contribution in [-0.4, -0.2) is 10.1 Å². The minimum absolute atomic E-state index is 0.0719. The van der Waals surface area contributed by atoms with E-state index in [9.17, 15) is 0 Å². The van der Waals surface area contributed by atoms with Crippen LogP contribution in [-0.2, 0) is 13.0 Å². The first-order chi connectivity index (χ1) is 6.54. The Morgan fingerprint density at radius 3 is 2.36 bits per heavy atom. The maximum absolute atomic E-state index is 9.04. The van der Waals surface area contributed by atoms with Crippen LogP contribution in [0.5, 0.6) is 0 Å². The van der Waals surface area contributed by atoms with Crippen LogP contribution in [0.1, 0.15) is 49.2 Å². The SMILES string of the molecule is CC(C)Cc1nc(CO)sc1C(C)C. The van der Waals surface area contributed by atoms with Crippen molar-refractivity contribution in [3.8, 4) is 0 Å². The van der Waals surface area contributed by atoms with Gasteiger partial charge in [0.1, 0.15) is 5.01 Å². The van der Waals surface area contributed by atoms with E-state index in [4.69, 9.17) is 5.11 Å². The van der Waals surface area contributed by atoms with Crippen molar-refractivity contribution in [2.45, 2.75) is 46.6 Å². The van der Waals surface area contributed by atoms with Crippen molar-refractivity contribution in [3.63, 3.8) is 0 Å². The molecule has 1 N–H and O–H groups in total. The summed E-state index contributed by atoms with van der Waals surface area (Å²) in [6, 6.07) is 0. The van der Waals surface area contributed by atoms with Crippen LogP contribution in [0.4, 0.5) is 0 Å². The fraction of sp³-hybridized carbons (Fsp3) is 0.727. The van der Waals surface area contributed by atoms with Crippen molar-refractivity contribution >= 4 is 11.3 Å². The molecular formula is C11H19NOS. The molecule has 0 saturated heterocycles. The Hall–Kier alpha value is -0.410. The van der Waals surface area contributed by atoms with Gasteiger partial charge in [-0.25, -0.2) is 4.98 Å². The molecule has 1 heterocycles. The Labute approximate surface area is 90.0 Å². The van der Waals surface area contributed by atoms with Gasteiger partial charge in [0.2, 0.25) is 0 Å². The zero-order valence-corrected chi connectivity index (χ0v) is 10.2. The van der Waals surface area contributed by atoms with Gasteiger partial charge in [-0.15, -0.1) is 11.3 Å². The fourth-order valence-electron chi connectivity index (χ4n) is 1.47. The fourth-order valence-corrected chi connectivity index (χ4v) is 2.42. The number of nitrogens with zero attached hydrogens (tertiary/aromatic N) is 1. The summed E-state index contributed by atoms with van der Waals surface area (Å²) in [4.78, 5) is 5.79. The minimum atomic E-state index is 0.0719. The Balaban J connectivity index is 2.93. The predicted octanol–water partition coefficient (Wildman–Crippen LogP) is 2.96. The van der Waals surface area contributed by atoms with Gasteiger partial charge in [0.15, 0.2) is 0 Å². The molecule has 0 fully saturated rings. The van der Waals surface area contributed by atoms with E-state index >= 15 is 0 Å². The van der Waals surface area contributed by atoms with Gasteiger partial charge in [-0.05, 0) is 18.3 Å². The summed E-state index contributed by atoms with van der Waals surface area (Å²) in [5.41, 5.74) is 1.18. The lowest BCUT2D eigenvalue weighted by Gasteiger charge is -2.06. The van der Waals surface area contributed by atoms with Gasteiger partial charge in [0.25, 0.3) is 0 Å². The third-order valence-electron chi connectivity index (χ3n) is 2.03. The molecule has 0 unspecified atom stereocenters. The molecule has 1 rings (SSSR count). The van der Waals surface area contributed by atoms with Crippen molar-refractivity contribution in [2.24, 2.45) is 5.92 Å². The Morgan fingerprint density at radius 1 is 1.29 bits per heavy atom. The summed E-state index contributed by atoms with van der Waals surface area (Å²) in [5, 5.41) is 9.89. The van der Waals surface area contributed by atoms with E-state index in [1.807, 2.05) is 0 Å². The summed E-state index contributed by atoms with van der Waals surface area (Å²) in [7, 11) is 0. The molecule has 0 spiro atoms. The van der Waals surface area contributed by atoms with Crippen molar-refractivity contribution in [3.05, 3.63) is 15.6 Å². The standard InChI is InChI=1S/C11H19NOS/c1-7(2)5-9-11(8(3)4)14-10(6-13)12-9/h7-8,13H,5-6H2,1-4H3. The molecule has 0 aliphatic rings.